The van der Waals surface area contributed by atoms with Crippen molar-refractivity contribution in [3.8, 4) is 0 Å². The number of piperazine rings is 3. The van der Waals surface area contributed by atoms with E-state index >= 15 is 0 Å². The lowest BCUT2D eigenvalue weighted by Crippen LogP contribution is -2.45. The minimum atomic E-state index is -0.968. The molecule has 0 aromatic heterocycles. The number of carbonyl (C=O) groups is 1. The van der Waals surface area contributed by atoms with Gasteiger partial charge in [0, 0.05) is 90.5 Å². The van der Waals surface area contributed by atoms with Crippen molar-refractivity contribution >= 4 is 5.97 Å². The third-order valence-corrected chi connectivity index (χ3v) is 8.74. The molecule has 9 N–H and O–H groups in total. The van der Waals surface area contributed by atoms with Crippen LogP contribution in [0.5, 0.6) is 0 Å². The quantitative estimate of drug-likeness (QED) is 0.103. The molecule has 0 atom stereocenters. The number of carboxylic acid groups (broad SMARTS) is 1. The molecule has 0 unspecified atom stereocenters. The standard InChI is InChI=1S/C22H43N7O2.C6H14O3/c23-21(22(30)31)20(3-12-29-17-8-26-9-18-29)19(1-10-27-13-4-24-5-14-27)2-11-28-15-6-25-7-16-28;1-2-6(3-7,4-8)5-9/h19,24-26H,1-18,23H2,(H,30,31);7-9H,2-5H2,1H3. The second-order valence-electron chi connectivity index (χ2n) is 11.4. The van der Waals surface area contributed by atoms with Crippen molar-refractivity contribution in [2.75, 3.05) is 118 Å². The molecule has 0 amide bonds. The number of aliphatic hydroxyl groups excluding tert-OH is 3. The summed E-state index contributed by atoms with van der Waals surface area (Å²) in [5.41, 5.74) is 6.58. The van der Waals surface area contributed by atoms with Crippen molar-refractivity contribution < 1.29 is 25.2 Å². The molecule has 0 aromatic carbocycles. The highest BCUT2D eigenvalue weighted by Crippen LogP contribution is 2.26. The summed E-state index contributed by atoms with van der Waals surface area (Å²) in [6.45, 7) is 16.7. The first kappa shape index (κ1) is 34.8. The second kappa shape index (κ2) is 19.7. The summed E-state index contributed by atoms with van der Waals surface area (Å²) >= 11 is 0. The predicted octanol–water partition coefficient (Wildman–Crippen LogP) is -1.85. The Labute approximate surface area is 240 Å². The molecule has 3 saturated heterocycles. The highest BCUT2D eigenvalue weighted by Gasteiger charge is 2.26. The molecule has 3 aliphatic heterocycles. The van der Waals surface area contributed by atoms with E-state index in [-0.39, 0.29) is 31.4 Å². The molecule has 12 nitrogen and oxygen atoms in total. The van der Waals surface area contributed by atoms with Gasteiger partial charge in [-0.25, -0.2) is 4.79 Å². The van der Waals surface area contributed by atoms with Crippen LogP contribution in [0.1, 0.15) is 32.6 Å². The number of nitrogens with one attached hydrogen (secondary N) is 3. The van der Waals surface area contributed by atoms with Gasteiger partial charge in [0.25, 0.3) is 0 Å². The van der Waals surface area contributed by atoms with Crippen molar-refractivity contribution in [1.82, 2.24) is 30.7 Å². The van der Waals surface area contributed by atoms with Crippen molar-refractivity contribution in [3.05, 3.63) is 11.3 Å². The third kappa shape index (κ3) is 12.3. The Balaban J connectivity index is 0.000000536. The largest absolute Gasteiger partial charge is 0.477 e. The molecule has 3 heterocycles. The lowest BCUT2D eigenvalue weighted by molar-refractivity contribution is -0.132. The van der Waals surface area contributed by atoms with E-state index in [1.807, 2.05) is 6.92 Å². The number of aliphatic hydroxyl groups is 3. The highest BCUT2D eigenvalue weighted by atomic mass is 16.4. The zero-order chi connectivity index (χ0) is 29.2. The number of hydrogen-bond acceptors (Lipinski definition) is 11. The van der Waals surface area contributed by atoms with Crippen molar-refractivity contribution in [3.63, 3.8) is 0 Å². The molecule has 40 heavy (non-hydrogen) atoms. The van der Waals surface area contributed by atoms with E-state index in [4.69, 9.17) is 21.1 Å². The first-order valence-corrected chi connectivity index (χ1v) is 15.2. The van der Waals surface area contributed by atoms with Crippen molar-refractivity contribution in [2.45, 2.75) is 32.6 Å². The van der Waals surface area contributed by atoms with E-state index in [2.05, 4.69) is 30.7 Å². The number of nitrogens with zero attached hydrogens (tertiary/aromatic N) is 3. The molecule has 0 spiro atoms. The van der Waals surface area contributed by atoms with E-state index in [1.54, 1.807) is 0 Å². The summed E-state index contributed by atoms with van der Waals surface area (Å²) in [6.07, 6.45) is 3.32. The van der Waals surface area contributed by atoms with Gasteiger partial charge in [0.2, 0.25) is 0 Å². The van der Waals surface area contributed by atoms with Gasteiger partial charge in [-0.1, -0.05) is 6.92 Å². The van der Waals surface area contributed by atoms with Gasteiger partial charge in [-0.15, -0.1) is 0 Å². The molecule has 3 fully saturated rings. The Bertz CT molecular complexity index is 680. The molecule has 0 saturated carbocycles. The predicted molar refractivity (Wildman–Crippen MR) is 158 cm³/mol. The average Bonchev–Trinajstić information content (AvgIpc) is 3.01. The zero-order valence-electron chi connectivity index (χ0n) is 24.7. The minimum Gasteiger partial charge on any atom is -0.477 e. The van der Waals surface area contributed by atoms with Crippen molar-refractivity contribution in [1.29, 1.82) is 0 Å². The second-order valence-corrected chi connectivity index (χ2v) is 11.4. The molecule has 3 aliphatic rings. The Morgan fingerprint density at radius 3 is 1.43 bits per heavy atom. The smallest absolute Gasteiger partial charge is 0.351 e. The molecule has 0 aliphatic carbocycles. The van der Waals surface area contributed by atoms with Crippen LogP contribution in [0.25, 0.3) is 0 Å². The monoisotopic (exact) mass is 571 g/mol. The molecule has 3 rings (SSSR count). The van der Waals surface area contributed by atoms with E-state index in [1.165, 1.54) is 0 Å². The molecule has 234 valence electrons. The summed E-state index contributed by atoms with van der Waals surface area (Å²) in [7, 11) is 0. The summed E-state index contributed by atoms with van der Waals surface area (Å²) in [4.78, 5) is 19.3. The number of hydrogen-bond donors (Lipinski definition) is 8. The van der Waals surface area contributed by atoms with E-state index in [0.29, 0.717) is 6.42 Å². The van der Waals surface area contributed by atoms with Crippen LogP contribution in [0.15, 0.2) is 11.3 Å². The summed E-state index contributed by atoms with van der Waals surface area (Å²) in [6, 6.07) is 0. The molecular formula is C28H57N7O5. The van der Waals surface area contributed by atoms with E-state index in [0.717, 1.165) is 123 Å². The number of nitrogens with two attached hydrogens (primary N) is 1. The fourth-order valence-electron chi connectivity index (χ4n) is 5.43. The Kier molecular flexibility index (Phi) is 17.2. The van der Waals surface area contributed by atoms with Crippen molar-refractivity contribution in [2.24, 2.45) is 17.1 Å². The normalized spacial score (nSPS) is 20.6. The fraction of sp³-hybridized carbons (Fsp3) is 0.893. The summed E-state index contributed by atoms with van der Waals surface area (Å²) in [5, 5.41) is 45.9. The lowest BCUT2D eigenvalue weighted by Gasteiger charge is -2.33. The van der Waals surface area contributed by atoms with Gasteiger partial charge in [-0.2, -0.15) is 0 Å². The lowest BCUT2D eigenvalue weighted by atomic mass is 9.87. The molecule has 0 radical (unpaired) electrons. The number of aliphatic carboxylic acids is 1. The molecule has 0 bridgehead atoms. The zero-order valence-corrected chi connectivity index (χ0v) is 24.7. The fourth-order valence-corrected chi connectivity index (χ4v) is 5.43. The van der Waals surface area contributed by atoms with Crippen LogP contribution in [0.3, 0.4) is 0 Å². The van der Waals surface area contributed by atoms with Gasteiger partial charge in [0.05, 0.1) is 19.8 Å². The van der Waals surface area contributed by atoms with Gasteiger partial charge in [-0.05, 0) is 50.3 Å². The third-order valence-electron chi connectivity index (χ3n) is 8.74. The summed E-state index contributed by atoms with van der Waals surface area (Å²) in [5.74, 6) is -0.742. The molecule has 0 aromatic rings. The van der Waals surface area contributed by atoms with Crippen LogP contribution in [-0.2, 0) is 4.79 Å². The summed E-state index contributed by atoms with van der Waals surface area (Å²) < 4.78 is 0. The first-order valence-electron chi connectivity index (χ1n) is 15.2. The van der Waals surface area contributed by atoms with Gasteiger partial charge in [0.1, 0.15) is 5.70 Å². The van der Waals surface area contributed by atoms with Crippen LogP contribution in [0.2, 0.25) is 0 Å². The number of rotatable bonds is 15. The Morgan fingerprint density at radius 1 is 0.750 bits per heavy atom. The van der Waals surface area contributed by atoms with Gasteiger partial charge in [0.15, 0.2) is 0 Å². The van der Waals surface area contributed by atoms with Crippen LogP contribution in [-0.4, -0.2) is 159 Å². The van der Waals surface area contributed by atoms with Crippen LogP contribution < -0.4 is 21.7 Å². The maximum atomic E-state index is 11.9. The highest BCUT2D eigenvalue weighted by molar-refractivity contribution is 5.86. The average molecular weight is 572 g/mol. The van der Waals surface area contributed by atoms with Gasteiger partial charge in [-0.3, -0.25) is 0 Å². The topological polar surface area (TPSA) is 170 Å². The maximum absolute atomic E-state index is 11.9. The van der Waals surface area contributed by atoms with Gasteiger partial charge < -0.3 is 56.8 Å². The Hall–Kier alpha value is -1.35. The number of carboxylic acids is 1. The van der Waals surface area contributed by atoms with Crippen LogP contribution >= 0.6 is 0 Å². The first-order chi connectivity index (χ1) is 19.4. The van der Waals surface area contributed by atoms with E-state index in [9.17, 15) is 9.90 Å². The molecule has 12 heteroatoms. The van der Waals surface area contributed by atoms with Gasteiger partial charge >= 0.3 is 5.97 Å². The molecular weight excluding hydrogens is 514 g/mol. The van der Waals surface area contributed by atoms with Crippen LogP contribution in [0, 0.1) is 11.3 Å². The Morgan fingerprint density at radius 2 is 1.12 bits per heavy atom. The maximum Gasteiger partial charge on any atom is 0.351 e. The van der Waals surface area contributed by atoms with Crippen LogP contribution in [0.4, 0.5) is 0 Å². The SMILES string of the molecule is CCC(CO)(CO)CO.NC(C(=O)O)=C(CCN1CCNCC1)C(CCN1CCNCC1)CCN1CCNCC1. The van der Waals surface area contributed by atoms with E-state index < -0.39 is 11.4 Å². The minimum absolute atomic E-state index is 0.0840.